The first-order valence-electron chi connectivity index (χ1n) is 8.60. The molecule has 0 spiro atoms. The quantitative estimate of drug-likeness (QED) is 0.680. The maximum absolute atomic E-state index is 12.0. The van der Waals surface area contributed by atoms with Crippen LogP contribution in [0.5, 0.6) is 0 Å². The lowest BCUT2D eigenvalue weighted by Crippen LogP contribution is -2.31. The summed E-state index contributed by atoms with van der Waals surface area (Å²) < 4.78 is 5.70. The van der Waals surface area contributed by atoms with E-state index in [9.17, 15) is 4.79 Å². The first-order chi connectivity index (χ1) is 11.6. The summed E-state index contributed by atoms with van der Waals surface area (Å²) in [5, 5.41) is 5.43. The molecule has 0 aliphatic carbocycles. The number of nitrogens with one attached hydrogen (secondary N) is 1. The lowest BCUT2D eigenvalue weighted by Gasteiger charge is -2.20. The molecule has 1 amide bonds. The molecule has 24 heavy (non-hydrogen) atoms. The zero-order chi connectivity index (χ0) is 17.4. The molecule has 0 aliphatic rings. The third-order valence-corrected chi connectivity index (χ3v) is 4.96. The van der Waals surface area contributed by atoms with Gasteiger partial charge >= 0.3 is 0 Å². The first-order valence-corrected chi connectivity index (χ1v) is 9.58. The zero-order valence-corrected chi connectivity index (χ0v) is 15.6. The molecule has 0 bridgehead atoms. The SMILES string of the molecule is CCOC(CCNC(=O)CSc1ccc2ccccc2c1)C(C)C. The van der Waals surface area contributed by atoms with E-state index in [1.165, 1.54) is 10.8 Å². The average molecular weight is 346 g/mol. The topological polar surface area (TPSA) is 38.3 Å². The van der Waals surface area contributed by atoms with Crippen molar-refractivity contribution >= 4 is 28.4 Å². The number of fused-ring (bicyclic) bond motifs is 1. The van der Waals surface area contributed by atoms with Crippen LogP contribution in [-0.4, -0.2) is 30.9 Å². The summed E-state index contributed by atoms with van der Waals surface area (Å²) in [4.78, 5) is 13.1. The Morgan fingerprint density at radius 1 is 1.17 bits per heavy atom. The second-order valence-electron chi connectivity index (χ2n) is 6.17. The molecule has 1 unspecified atom stereocenters. The minimum Gasteiger partial charge on any atom is -0.378 e. The van der Waals surface area contributed by atoms with Gasteiger partial charge in [0.15, 0.2) is 0 Å². The van der Waals surface area contributed by atoms with Crippen molar-refractivity contribution in [1.82, 2.24) is 5.32 Å². The van der Waals surface area contributed by atoms with Crippen LogP contribution in [0.2, 0.25) is 0 Å². The molecular formula is C20H27NO2S. The molecule has 0 aliphatic heterocycles. The van der Waals surface area contributed by atoms with Crippen molar-refractivity contribution in [2.75, 3.05) is 18.9 Å². The van der Waals surface area contributed by atoms with Crippen LogP contribution in [0.1, 0.15) is 27.2 Å². The van der Waals surface area contributed by atoms with Crippen molar-refractivity contribution in [2.45, 2.75) is 38.2 Å². The van der Waals surface area contributed by atoms with Gasteiger partial charge in [0.2, 0.25) is 5.91 Å². The number of carbonyl (C=O) groups is 1. The van der Waals surface area contributed by atoms with Crippen molar-refractivity contribution in [1.29, 1.82) is 0 Å². The molecule has 2 aromatic rings. The third-order valence-electron chi connectivity index (χ3n) is 3.97. The predicted molar refractivity (Wildman–Crippen MR) is 103 cm³/mol. The number of thioether (sulfide) groups is 1. The molecule has 1 N–H and O–H groups in total. The normalized spacial score (nSPS) is 12.5. The highest BCUT2D eigenvalue weighted by atomic mass is 32.2. The van der Waals surface area contributed by atoms with Crippen LogP contribution in [0.3, 0.4) is 0 Å². The fourth-order valence-electron chi connectivity index (χ4n) is 2.63. The number of hydrogen-bond donors (Lipinski definition) is 1. The van der Waals surface area contributed by atoms with Gasteiger partial charge in [0, 0.05) is 18.0 Å². The van der Waals surface area contributed by atoms with Gasteiger partial charge in [-0.3, -0.25) is 4.79 Å². The monoisotopic (exact) mass is 345 g/mol. The van der Waals surface area contributed by atoms with Gasteiger partial charge in [0.25, 0.3) is 0 Å². The summed E-state index contributed by atoms with van der Waals surface area (Å²) in [7, 11) is 0. The zero-order valence-electron chi connectivity index (χ0n) is 14.7. The Morgan fingerprint density at radius 3 is 2.62 bits per heavy atom. The molecule has 4 heteroatoms. The van der Waals surface area contributed by atoms with Gasteiger partial charge < -0.3 is 10.1 Å². The van der Waals surface area contributed by atoms with E-state index in [4.69, 9.17) is 4.74 Å². The van der Waals surface area contributed by atoms with E-state index in [-0.39, 0.29) is 12.0 Å². The third kappa shape index (κ3) is 5.84. The molecule has 130 valence electrons. The number of rotatable bonds is 9. The van der Waals surface area contributed by atoms with E-state index in [0.29, 0.717) is 24.8 Å². The molecule has 2 rings (SSSR count). The maximum Gasteiger partial charge on any atom is 0.230 e. The minimum absolute atomic E-state index is 0.0761. The Kier molecular flexibility index (Phi) is 7.60. The second kappa shape index (κ2) is 9.70. The molecule has 2 aromatic carbocycles. The van der Waals surface area contributed by atoms with E-state index in [1.807, 2.05) is 19.1 Å². The number of ether oxygens (including phenoxy) is 1. The fourth-order valence-corrected chi connectivity index (χ4v) is 3.41. The molecule has 0 radical (unpaired) electrons. The highest BCUT2D eigenvalue weighted by molar-refractivity contribution is 8.00. The van der Waals surface area contributed by atoms with Crippen LogP contribution in [-0.2, 0) is 9.53 Å². The van der Waals surface area contributed by atoms with Crippen molar-refractivity contribution in [3.8, 4) is 0 Å². The molecule has 0 aromatic heterocycles. The molecule has 1 atom stereocenters. The summed E-state index contributed by atoms with van der Waals surface area (Å²) in [6.07, 6.45) is 1.07. The summed E-state index contributed by atoms with van der Waals surface area (Å²) in [5.74, 6) is 0.986. The summed E-state index contributed by atoms with van der Waals surface area (Å²) >= 11 is 1.58. The molecule has 0 heterocycles. The van der Waals surface area contributed by atoms with E-state index >= 15 is 0 Å². The number of carbonyl (C=O) groups excluding carboxylic acids is 1. The molecule has 0 saturated carbocycles. The largest absolute Gasteiger partial charge is 0.378 e. The van der Waals surface area contributed by atoms with Crippen LogP contribution in [0.15, 0.2) is 47.4 Å². The van der Waals surface area contributed by atoms with Gasteiger partial charge in [-0.25, -0.2) is 0 Å². The van der Waals surface area contributed by atoms with Gasteiger partial charge in [0.05, 0.1) is 11.9 Å². The van der Waals surface area contributed by atoms with Gasteiger partial charge in [-0.1, -0.05) is 44.2 Å². The fraction of sp³-hybridized carbons (Fsp3) is 0.450. The summed E-state index contributed by atoms with van der Waals surface area (Å²) in [5.41, 5.74) is 0. The summed E-state index contributed by atoms with van der Waals surface area (Å²) in [6, 6.07) is 14.6. The summed E-state index contributed by atoms with van der Waals surface area (Å²) in [6.45, 7) is 7.69. The number of benzene rings is 2. The molecule has 0 saturated heterocycles. The average Bonchev–Trinajstić information content (AvgIpc) is 2.59. The second-order valence-corrected chi connectivity index (χ2v) is 7.22. The molecule has 0 fully saturated rings. The van der Waals surface area contributed by atoms with Crippen molar-refractivity contribution in [3.05, 3.63) is 42.5 Å². The van der Waals surface area contributed by atoms with Crippen molar-refractivity contribution in [2.24, 2.45) is 5.92 Å². The van der Waals surface area contributed by atoms with Crippen LogP contribution in [0.4, 0.5) is 0 Å². The lowest BCUT2D eigenvalue weighted by atomic mass is 10.0. The van der Waals surface area contributed by atoms with Gasteiger partial charge in [-0.15, -0.1) is 11.8 Å². The highest BCUT2D eigenvalue weighted by Crippen LogP contribution is 2.23. The standard InChI is InChI=1S/C20H27NO2S/c1-4-23-19(15(2)3)11-12-21-20(22)14-24-18-10-9-16-7-5-6-8-17(16)13-18/h5-10,13,15,19H,4,11-12,14H2,1-3H3,(H,21,22). The highest BCUT2D eigenvalue weighted by Gasteiger charge is 2.13. The lowest BCUT2D eigenvalue weighted by molar-refractivity contribution is -0.118. The predicted octanol–water partition coefficient (Wildman–Crippen LogP) is 4.50. The Balaban J connectivity index is 1.76. The van der Waals surface area contributed by atoms with E-state index < -0.39 is 0 Å². The first kappa shape index (κ1) is 18.8. The molecule has 3 nitrogen and oxygen atoms in total. The smallest absolute Gasteiger partial charge is 0.230 e. The van der Waals surface area contributed by atoms with Crippen LogP contribution >= 0.6 is 11.8 Å². The van der Waals surface area contributed by atoms with Crippen molar-refractivity contribution in [3.63, 3.8) is 0 Å². The van der Waals surface area contributed by atoms with Crippen LogP contribution in [0.25, 0.3) is 10.8 Å². The van der Waals surface area contributed by atoms with Crippen LogP contribution in [0, 0.1) is 5.92 Å². The van der Waals surface area contributed by atoms with Gasteiger partial charge in [-0.2, -0.15) is 0 Å². The van der Waals surface area contributed by atoms with Crippen LogP contribution < -0.4 is 5.32 Å². The van der Waals surface area contributed by atoms with E-state index in [0.717, 1.165) is 11.3 Å². The maximum atomic E-state index is 12.0. The van der Waals surface area contributed by atoms with E-state index in [1.54, 1.807) is 11.8 Å². The van der Waals surface area contributed by atoms with E-state index in [2.05, 4.69) is 49.5 Å². The van der Waals surface area contributed by atoms with Gasteiger partial charge in [-0.05, 0) is 42.2 Å². The Labute approximate surface area is 149 Å². The van der Waals surface area contributed by atoms with Crippen molar-refractivity contribution < 1.29 is 9.53 Å². The molecular weight excluding hydrogens is 318 g/mol. The number of amides is 1. The Hall–Kier alpha value is -1.52. The van der Waals surface area contributed by atoms with Gasteiger partial charge in [0.1, 0.15) is 0 Å². The Bertz CT molecular complexity index is 657. The number of hydrogen-bond acceptors (Lipinski definition) is 3. The Morgan fingerprint density at radius 2 is 1.92 bits per heavy atom. The minimum atomic E-state index is 0.0761.